The molecule has 0 saturated heterocycles. The first kappa shape index (κ1) is 60.4. The summed E-state index contributed by atoms with van der Waals surface area (Å²) >= 11 is 0. The van der Waals surface area contributed by atoms with Gasteiger partial charge in [-0.3, -0.25) is 9.59 Å². The SMILES string of the molecule is COCCOCCOCCOCCOC(=O)Cn1c2ccccc2c2c(-c3c(O[Si](C)(C)C(C)(C)C)ccc4c3c3ccccc3n4CC(=O)OCCOCCOCCOCCOC)c(O[Si](C)(C)C(C)(C)C)ccc21. The first-order chi connectivity index (χ1) is 36.3. The molecule has 0 unspecified atom stereocenters. The molecule has 0 N–H and O–H groups in total. The molecule has 0 aliphatic rings. The summed E-state index contributed by atoms with van der Waals surface area (Å²) in [6, 6.07) is 24.5. The number of fused-ring (bicyclic) bond motifs is 6. The maximum atomic E-state index is 13.9. The highest BCUT2D eigenvalue weighted by atomic mass is 28.4. The van der Waals surface area contributed by atoms with Crippen LogP contribution in [0.5, 0.6) is 11.5 Å². The van der Waals surface area contributed by atoms with Gasteiger partial charge in [0.1, 0.15) is 37.8 Å². The van der Waals surface area contributed by atoms with E-state index in [2.05, 4.69) is 104 Å². The number of rotatable bonds is 33. The second kappa shape index (κ2) is 28.1. The van der Waals surface area contributed by atoms with Gasteiger partial charge < -0.3 is 65.4 Å². The Bertz CT molecular complexity index is 2620. The van der Waals surface area contributed by atoms with Crippen molar-refractivity contribution in [2.75, 3.05) is 120 Å². The second-order valence-corrected chi connectivity index (χ2v) is 31.1. The molecule has 76 heavy (non-hydrogen) atoms. The first-order valence-electron chi connectivity index (χ1n) is 26.5. The van der Waals surface area contributed by atoms with Gasteiger partial charge in [-0.15, -0.1) is 0 Å². The minimum Gasteiger partial charge on any atom is -0.543 e. The van der Waals surface area contributed by atoms with Crippen LogP contribution < -0.4 is 8.85 Å². The molecule has 16 nitrogen and oxygen atoms in total. The molecule has 2 aromatic heterocycles. The Kier molecular flexibility index (Phi) is 22.4. The molecule has 0 bridgehead atoms. The highest BCUT2D eigenvalue weighted by Crippen LogP contribution is 2.53. The van der Waals surface area contributed by atoms with Gasteiger partial charge in [0, 0.05) is 57.9 Å². The Morgan fingerprint density at radius 3 is 1.03 bits per heavy atom. The molecule has 0 aliphatic carbocycles. The van der Waals surface area contributed by atoms with Crippen LogP contribution >= 0.6 is 0 Å². The highest BCUT2D eigenvalue weighted by molar-refractivity contribution is 6.75. The maximum Gasteiger partial charge on any atom is 0.326 e. The van der Waals surface area contributed by atoms with Crippen molar-refractivity contribution in [3.63, 3.8) is 0 Å². The lowest BCUT2D eigenvalue weighted by Gasteiger charge is -2.38. The third kappa shape index (κ3) is 15.7. The van der Waals surface area contributed by atoms with Crippen LogP contribution in [0.1, 0.15) is 41.5 Å². The van der Waals surface area contributed by atoms with Gasteiger partial charge >= 0.3 is 11.9 Å². The number of hydrogen-bond acceptors (Lipinski definition) is 14. The third-order valence-electron chi connectivity index (χ3n) is 14.3. The van der Waals surface area contributed by atoms with Crippen molar-refractivity contribution >= 4 is 72.2 Å². The summed E-state index contributed by atoms with van der Waals surface area (Å²) in [5, 5.41) is 3.42. The normalized spacial score (nSPS) is 12.6. The van der Waals surface area contributed by atoms with Crippen LogP contribution in [0.15, 0.2) is 72.8 Å². The molecule has 18 heteroatoms. The van der Waals surface area contributed by atoms with E-state index in [1.54, 1.807) is 14.2 Å². The zero-order valence-corrected chi connectivity index (χ0v) is 49.3. The van der Waals surface area contributed by atoms with Crippen LogP contribution in [-0.2, 0) is 70.0 Å². The van der Waals surface area contributed by atoms with E-state index in [0.717, 1.165) is 54.7 Å². The number of aromatic nitrogens is 2. The molecular weight excluding hydrogens is 1000 g/mol. The number of hydrogen-bond donors (Lipinski definition) is 0. The molecule has 0 saturated carbocycles. The van der Waals surface area contributed by atoms with Gasteiger partial charge in [0.15, 0.2) is 0 Å². The molecule has 0 amide bonds. The molecule has 418 valence electrons. The van der Waals surface area contributed by atoms with Gasteiger partial charge in [-0.05, 0) is 72.7 Å². The van der Waals surface area contributed by atoms with Crippen molar-refractivity contribution in [3.8, 4) is 22.6 Å². The lowest BCUT2D eigenvalue weighted by molar-refractivity contribution is -0.146. The Morgan fingerprint density at radius 2 is 0.711 bits per heavy atom. The Hall–Kier alpha value is -4.87. The van der Waals surface area contributed by atoms with Gasteiger partial charge in [0.05, 0.1) is 104 Å². The molecule has 6 rings (SSSR count). The number of methoxy groups -OCH3 is 2. The summed E-state index contributed by atoms with van der Waals surface area (Å²) < 4.78 is 74.1. The fourth-order valence-corrected chi connectivity index (χ4v) is 10.3. The fraction of sp³-hybridized carbons (Fsp3) is 0.552. The molecule has 2 heterocycles. The lowest BCUT2D eigenvalue weighted by atomic mass is 9.93. The molecule has 0 spiro atoms. The number of ether oxygens (including phenoxy) is 10. The third-order valence-corrected chi connectivity index (χ3v) is 23.0. The number of carbonyl (C=O) groups excluding carboxylic acids is 2. The van der Waals surface area contributed by atoms with E-state index in [-0.39, 0.29) is 49.6 Å². The van der Waals surface area contributed by atoms with E-state index < -0.39 is 28.6 Å². The van der Waals surface area contributed by atoms with Crippen molar-refractivity contribution in [2.24, 2.45) is 0 Å². The second-order valence-electron chi connectivity index (χ2n) is 21.7. The molecule has 0 atom stereocenters. The smallest absolute Gasteiger partial charge is 0.326 e. The summed E-state index contributed by atoms with van der Waals surface area (Å²) in [5.74, 6) is 0.644. The Balaban J connectivity index is 1.39. The summed E-state index contributed by atoms with van der Waals surface area (Å²) in [4.78, 5) is 27.7. The predicted molar refractivity (Wildman–Crippen MR) is 304 cm³/mol. The number of nitrogens with zero attached hydrogens (tertiary/aromatic N) is 2. The average Bonchev–Trinajstić information content (AvgIpc) is 3.96. The van der Waals surface area contributed by atoms with E-state index in [4.69, 9.17) is 56.2 Å². The molecule has 6 aromatic rings. The average molecular weight is 1090 g/mol. The summed E-state index contributed by atoms with van der Waals surface area (Å²) in [6.45, 7) is 28.5. The fourth-order valence-electron chi connectivity index (χ4n) is 8.25. The van der Waals surface area contributed by atoms with E-state index >= 15 is 0 Å². The quantitative estimate of drug-likeness (QED) is 0.0218. The summed E-state index contributed by atoms with van der Waals surface area (Å²) in [6.07, 6.45) is 0. The van der Waals surface area contributed by atoms with Crippen molar-refractivity contribution < 1.29 is 65.8 Å². The predicted octanol–water partition coefficient (Wildman–Crippen LogP) is 10.8. The Labute approximate surface area is 451 Å². The summed E-state index contributed by atoms with van der Waals surface area (Å²) in [7, 11) is -1.77. The highest BCUT2D eigenvalue weighted by Gasteiger charge is 2.42. The molecular formula is C58H84N2O14Si2. The molecule has 0 aliphatic heterocycles. The number of para-hydroxylation sites is 2. The van der Waals surface area contributed by atoms with Gasteiger partial charge in [0.2, 0.25) is 0 Å². The van der Waals surface area contributed by atoms with Crippen molar-refractivity contribution in [1.29, 1.82) is 0 Å². The van der Waals surface area contributed by atoms with Crippen LogP contribution in [0.4, 0.5) is 0 Å². The first-order valence-corrected chi connectivity index (χ1v) is 32.3. The topological polar surface area (TPSA) is 155 Å². The number of benzene rings is 4. The number of carbonyl (C=O) groups is 2. The minimum atomic E-state index is -2.52. The van der Waals surface area contributed by atoms with Crippen LogP contribution in [0.25, 0.3) is 54.7 Å². The zero-order chi connectivity index (χ0) is 54.9. The summed E-state index contributed by atoms with van der Waals surface area (Å²) in [5.41, 5.74) is 5.10. The largest absolute Gasteiger partial charge is 0.543 e. The Morgan fingerprint density at radius 1 is 0.408 bits per heavy atom. The minimum absolute atomic E-state index is 0.0407. The van der Waals surface area contributed by atoms with Crippen molar-refractivity contribution in [1.82, 2.24) is 9.13 Å². The van der Waals surface area contributed by atoms with Crippen molar-refractivity contribution in [2.45, 2.75) is 90.9 Å². The standard InChI is InChI=1S/C58H84N2O14Si2/c1-57(2,3)75(9,10)73-49-23-21-47-53(43-17-13-15-19-45(43)59(47)41-51(61)71-39-37-69-35-33-67-31-29-65-27-25-63-7)55(49)56-50(74-76(11,12)58(4,5)6)24-22-48-54(56)44-18-14-16-20-46(44)60(48)42-52(62)72-40-38-70-36-34-68-32-30-66-28-26-64-8/h13-24H,25-42H2,1-12H3. The molecule has 4 aromatic carbocycles. The number of esters is 2. The van der Waals surface area contributed by atoms with Gasteiger partial charge in [-0.25, -0.2) is 0 Å². The van der Waals surface area contributed by atoms with Gasteiger partial charge in [-0.1, -0.05) is 77.9 Å². The van der Waals surface area contributed by atoms with Gasteiger partial charge in [0.25, 0.3) is 16.6 Å². The lowest BCUT2D eigenvalue weighted by Crippen LogP contribution is -2.44. The molecule has 0 radical (unpaired) electrons. The molecule has 0 fully saturated rings. The zero-order valence-electron chi connectivity index (χ0n) is 47.3. The van der Waals surface area contributed by atoms with Crippen LogP contribution in [-0.4, -0.2) is 158 Å². The van der Waals surface area contributed by atoms with E-state index in [9.17, 15) is 9.59 Å². The van der Waals surface area contributed by atoms with E-state index in [0.29, 0.717) is 90.8 Å². The maximum absolute atomic E-state index is 13.9. The van der Waals surface area contributed by atoms with Crippen LogP contribution in [0, 0.1) is 0 Å². The van der Waals surface area contributed by atoms with Gasteiger partial charge in [-0.2, -0.15) is 0 Å². The van der Waals surface area contributed by atoms with Crippen LogP contribution in [0.3, 0.4) is 0 Å². The monoisotopic (exact) mass is 1090 g/mol. The van der Waals surface area contributed by atoms with E-state index in [1.165, 1.54) is 0 Å². The van der Waals surface area contributed by atoms with Crippen LogP contribution in [0.2, 0.25) is 36.3 Å². The van der Waals surface area contributed by atoms with Crippen molar-refractivity contribution in [3.05, 3.63) is 72.8 Å². The van der Waals surface area contributed by atoms with E-state index in [1.807, 2.05) is 45.5 Å².